The first-order valence-corrected chi connectivity index (χ1v) is 5.88. The smallest absolute Gasteiger partial charge is 0.293 e. The lowest BCUT2D eigenvalue weighted by atomic mass is 9.98. The molecule has 1 aromatic rings. The van der Waals surface area contributed by atoms with Crippen LogP contribution in [0.1, 0.15) is 26.3 Å². The van der Waals surface area contributed by atoms with Crippen molar-refractivity contribution in [2.24, 2.45) is 11.8 Å². The van der Waals surface area contributed by atoms with E-state index in [1.54, 1.807) is 12.1 Å². The van der Waals surface area contributed by atoms with Crippen molar-refractivity contribution in [1.29, 1.82) is 5.26 Å². The molecule has 18 heavy (non-hydrogen) atoms. The summed E-state index contributed by atoms with van der Waals surface area (Å²) >= 11 is 0. The highest BCUT2D eigenvalue weighted by molar-refractivity contribution is 5.64. The molecular weight excluding hydrogens is 230 g/mol. The monoisotopic (exact) mass is 247 g/mol. The van der Waals surface area contributed by atoms with E-state index in [2.05, 4.69) is 26.1 Å². The Labute approximate surface area is 107 Å². The zero-order valence-electron chi connectivity index (χ0n) is 10.8. The lowest BCUT2D eigenvalue weighted by Crippen LogP contribution is -2.16. The average molecular weight is 247 g/mol. The molecule has 0 aliphatic rings. The molecule has 0 radical (unpaired) electrons. The number of anilines is 1. The molecule has 0 bridgehead atoms. The van der Waals surface area contributed by atoms with Crippen LogP contribution in [0.2, 0.25) is 0 Å². The quantitative estimate of drug-likeness (QED) is 0.640. The fraction of sp³-hybridized carbons (Fsp3) is 0.462. The Balaban J connectivity index is 2.89. The molecule has 0 amide bonds. The molecule has 1 aromatic carbocycles. The number of nitro groups is 1. The minimum absolute atomic E-state index is 0.0509. The molecule has 5 nitrogen and oxygen atoms in total. The second-order valence-corrected chi connectivity index (χ2v) is 4.70. The summed E-state index contributed by atoms with van der Waals surface area (Å²) in [5.74, 6) is 0.926. The summed E-state index contributed by atoms with van der Waals surface area (Å²) in [5, 5.41) is 22.7. The highest BCUT2D eigenvalue weighted by atomic mass is 16.6. The van der Waals surface area contributed by atoms with E-state index in [0.29, 0.717) is 29.6 Å². The summed E-state index contributed by atoms with van der Waals surface area (Å²) in [6.07, 6.45) is 0. The first-order valence-electron chi connectivity index (χ1n) is 5.88. The number of benzene rings is 1. The van der Waals surface area contributed by atoms with Crippen LogP contribution >= 0.6 is 0 Å². The van der Waals surface area contributed by atoms with E-state index >= 15 is 0 Å². The lowest BCUT2D eigenvalue weighted by molar-refractivity contribution is -0.384. The van der Waals surface area contributed by atoms with Gasteiger partial charge in [-0.25, -0.2) is 0 Å². The second-order valence-electron chi connectivity index (χ2n) is 4.70. The van der Waals surface area contributed by atoms with Crippen molar-refractivity contribution in [3.05, 3.63) is 33.9 Å². The Morgan fingerprint density at radius 2 is 2.11 bits per heavy atom. The summed E-state index contributed by atoms with van der Waals surface area (Å²) in [7, 11) is 0. The van der Waals surface area contributed by atoms with Crippen LogP contribution < -0.4 is 5.32 Å². The zero-order valence-corrected chi connectivity index (χ0v) is 10.8. The summed E-state index contributed by atoms with van der Waals surface area (Å²) in [6.45, 7) is 6.98. The third kappa shape index (κ3) is 3.45. The van der Waals surface area contributed by atoms with Crippen LogP contribution in [0.25, 0.3) is 0 Å². The maximum absolute atomic E-state index is 10.9. The molecule has 0 aliphatic heterocycles. The third-order valence-electron chi connectivity index (χ3n) is 3.08. The number of nitrogens with one attached hydrogen (secondary N) is 1. The van der Waals surface area contributed by atoms with Crippen LogP contribution in [0.4, 0.5) is 11.4 Å². The van der Waals surface area contributed by atoms with Gasteiger partial charge in [0.1, 0.15) is 5.69 Å². The number of nitrogens with zero attached hydrogens (tertiary/aromatic N) is 2. The lowest BCUT2D eigenvalue weighted by Gasteiger charge is -2.16. The van der Waals surface area contributed by atoms with Crippen LogP contribution in [0, 0.1) is 33.3 Å². The molecule has 0 aromatic heterocycles. The molecule has 1 unspecified atom stereocenters. The number of nitro benzene ring substituents is 1. The Hall–Kier alpha value is -2.09. The van der Waals surface area contributed by atoms with Crippen LogP contribution in [0.3, 0.4) is 0 Å². The molecule has 0 heterocycles. The van der Waals surface area contributed by atoms with Gasteiger partial charge in [-0.2, -0.15) is 5.26 Å². The molecule has 0 saturated carbocycles. The first kappa shape index (κ1) is 14.0. The highest BCUT2D eigenvalue weighted by Crippen LogP contribution is 2.26. The van der Waals surface area contributed by atoms with Crippen molar-refractivity contribution in [3.8, 4) is 6.07 Å². The maximum atomic E-state index is 10.9. The topological polar surface area (TPSA) is 79.0 Å². The molecule has 0 aliphatic carbocycles. The van der Waals surface area contributed by atoms with E-state index in [1.165, 1.54) is 6.07 Å². The zero-order chi connectivity index (χ0) is 13.7. The number of nitriles is 1. The summed E-state index contributed by atoms with van der Waals surface area (Å²) < 4.78 is 0. The molecule has 5 heteroatoms. The highest BCUT2D eigenvalue weighted by Gasteiger charge is 2.15. The van der Waals surface area contributed by atoms with Crippen molar-refractivity contribution >= 4 is 11.4 Å². The van der Waals surface area contributed by atoms with Gasteiger partial charge < -0.3 is 5.32 Å². The van der Waals surface area contributed by atoms with Gasteiger partial charge in [0.15, 0.2) is 0 Å². The first-order chi connectivity index (χ1) is 8.45. The van der Waals surface area contributed by atoms with Gasteiger partial charge in [-0.1, -0.05) is 20.8 Å². The molecule has 1 atom stereocenters. The minimum atomic E-state index is -0.469. The fourth-order valence-corrected chi connectivity index (χ4v) is 1.41. The molecule has 1 rings (SSSR count). The second kappa shape index (κ2) is 6.01. The van der Waals surface area contributed by atoms with E-state index < -0.39 is 4.92 Å². The maximum Gasteiger partial charge on any atom is 0.293 e. The van der Waals surface area contributed by atoms with Gasteiger partial charge in [0.25, 0.3) is 5.69 Å². The summed E-state index contributed by atoms with van der Waals surface area (Å²) in [4.78, 5) is 10.5. The molecule has 1 N–H and O–H groups in total. The van der Waals surface area contributed by atoms with Crippen molar-refractivity contribution in [2.45, 2.75) is 20.8 Å². The van der Waals surface area contributed by atoms with Gasteiger partial charge in [-0.15, -0.1) is 0 Å². The van der Waals surface area contributed by atoms with Gasteiger partial charge in [0.05, 0.1) is 16.6 Å². The van der Waals surface area contributed by atoms with Crippen LogP contribution in [-0.4, -0.2) is 11.5 Å². The molecule has 0 fully saturated rings. The summed E-state index contributed by atoms with van der Waals surface area (Å²) in [5.41, 5.74) is 0.709. The van der Waals surface area contributed by atoms with Gasteiger partial charge >= 0.3 is 0 Å². The van der Waals surface area contributed by atoms with Crippen LogP contribution in [0.5, 0.6) is 0 Å². The van der Waals surface area contributed by atoms with Gasteiger partial charge in [0, 0.05) is 12.6 Å². The van der Waals surface area contributed by atoms with E-state index in [9.17, 15) is 10.1 Å². The molecule has 96 valence electrons. The van der Waals surface area contributed by atoms with E-state index in [4.69, 9.17) is 5.26 Å². The van der Waals surface area contributed by atoms with Crippen molar-refractivity contribution in [3.63, 3.8) is 0 Å². The average Bonchev–Trinajstić information content (AvgIpc) is 2.35. The SMILES string of the molecule is CC(C)C(C)CNc1ccc(C#N)cc1[N+](=O)[O-]. The normalized spacial score (nSPS) is 11.9. The Kier molecular flexibility index (Phi) is 4.67. The minimum Gasteiger partial charge on any atom is -0.379 e. The predicted molar refractivity (Wildman–Crippen MR) is 70.3 cm³/mol. The Morgan fingerprint density at radius 1 is 1.44 bits per heavy atom. The van der Waals surface area contributed by atoms with Gasteiger partial charge in [0.2, 0.25) is 0 Å². The Morgan fingerprint density at radius 3 is 2.61 bits per heavy atom. The van der Waals surface area contributed by atoms with Crippen molar-refractivity contribution in [1.82, 2.24) is 0 Å². The fourth-order valence-electron chi connectivity index (χ4n) is 1.41. The third-order valence-corrected chi connectivity index (χ3v) is 3.08. The standard InChI is InChI=1S/C13H17N3O2/c1-9(2)10(3)8-15-12-5-4-11(7-14)6-13(12)16(17)18/h4-6,9-10,15H,8H2,1-3H3. The Bertz CT molecular complexity index is 478. The number of rotatable bonds is 5. The van der Waals surface area contributed by atoms with Crippen LogP contribution in [-0.2, 0) is 0 Å². The molecule has 0 saturated heterocycles. The van der Waals surface area contributed by atoms with Crippen LogP contribution in [0.15, 0.2) is 18.2 Å². The number of hydrogen-bond donors (Lipinski definition) is 1. The largest absolute Gasteiger partial charge is 0.379 e. The number of hydrogen-bond acceptors (Lipinski definition) is 4. The van der Waals surface area contributed by atoms with Crippen molar-refractivity contribution in [2.75, 3.05) is 11.9 Å². The molecular formula is C13H17N3O2. The van der Waals surface area contributed by atoms with E-state index in [0.717, 1.165) is 0 Å². The predicted octanol–water partition coefficient (Wildman–Crippen LogP) is 3.17. The van der Waals surface area contributed by atoms with Gasteiger partial charge in [-0.05, 0) is 24.0 Å². The summed E-state index contributed by atoms with van der Waals surface area (Å²) in [6, 6.07) is 6.36. The van der Waals surface area contributed by atoms with Crippen molar-refractivity contribution < 1.29 is 4.92 Å². The van der Waals surface area contributed by atoms with E-state index in [1.807, 2.05) is 6.07 Å². The van der Waals surface area contributed by atoms with E-state index in [-0.39, 0.29) is 5.69 Å². The van der Waals surface area contributed by atoms with Gasteiger partial charge in [-0.3, -0.25) is 10.1 Å². The molecule has 0 spiro atoms.